The van der Waals surface area contributed by atoms with Gasteiger partial charge in [0.1, 0.15) is 6.61 Å². The Bertz CT molecular complexity index is 1080. The minimum absolute atomic E-state index is 0.0739. The van der Waals surface area contributed by atoms with Crippen LogP contribution in [0.4, 0.5) is 24.5 Å². The van der Waals surface area contributed by atoms with Gasteiger partial charge in [0.2, 0.25) is 5.91 Å². The van der Waals surface area contributed by atoms with Crippen LogP contribution in [0.2, 0.25) is 0 Å². The summed E-state index contributed by atoms with van der Waals surface area (Å²) < 4.78 is 44.1. The number of anilines is 2. The standard InChI is InChI=1S/C20H18F3N5O3/c1-12-16(10-25-28(12)17-8-3-13(9-24-17)20(21,22)23)19(30)27-15-6-4-14(5-7-15)26-18(29)11-31-2/h3-10H,11H2,1-2H3,(H,26,29)(H,27,30). The lowest BCUT2D eigenvalue weighted by Crippen LogP contribution is -2.17. The summed E-state index contributed by atoms with van der Waals surface area (Å²) in [6.45, 7) is 1.53. The van der Waals surface area contributed by atoms with Crippen LogP contribution in [-0.4, -0.2) is 40.3 Å². The number of pyridine rings is 1. The second-order valence-corrected chi connectivity index (χ2v) is 6.47. The molecule has 0 spiro atoms. The van der Waals surface area contributed by atoms with E-state index in [0.29, 0.717) is 23.3 Å². The molecule has 3 aromatic rings. The van der Waals surface area contributed by atoms with Crippen LogP contribution in [0.25, 0.3) is 5.82 Å². The summed E-state index contributed by atoms with van der Waals surface area (Å²) in [5, 5.41) is 9.39. The zero-order valence-electron chi connectivity index (χ0n) is 16.5. The van der Waals surface area contributed by atoms with Crippen molar-refractivity contribution < 1.29 is 27.5 Å². The van der Waals surface area contributed by atoms with E-state index in [0.717, 1.165) is 6.07 Å². The lowest BCUT2D eigenvalue weighted by molar-refractivity contribution is -0.137. The van der Waals surface area contributed by atoms with Gasteiger partial charge in [-0.05, 0) is 43.3 Å². The van der Waals surface area contributed by atoms with E-state index < -0.39 is 17.6 Å². The maximum atomic E-state index is 12.7. The summed E-state index contributed by atoms with van der Waals surface area (Å²) >= 11 is 0. The summed E-state index contributed by atoms with van der Waals surface area (Å²) in [5.41, 5.74) is 0.792. The number of rotatable bonds is 6. The number of halogens is 3. The lowest BCUT2D eigenvalue weighted by Gasteiger charge is -2.09. The van der Waals surface area contributed by atoms with Gasteiger partial charge in [-0.15, -0.1) is 0 Å². The smallest absolute Gasteiger partial charge is 0.375 e. The van der Waals surface area contributed by atoms with Crippen molar-refractivity contribution in [3.8, 4) is 5.82 Å². The number of carbonyl (C=O) groups is 2. The molecule has 0 aliphatic heterocycles. The van der Waals surface area contributed by atoms with Gasteiger partial charge in [0.15, 0.2) is 5.82 Å². The second-order valence-electron chi connectivity index (χ2n) is 6.47. The highest BCUT2D eigenvalue weighted by molar-refractivity contribution is 6.05. The Hall–Kier alpha value is -3.73. The maximum absolute atomic E-state index is 12.7. The fraction of sp³-hybridized carbons (Fsp3) is 0.200. The number of alkyl halides is 3. The maximum Gasteiger partial charge on any atom is 0.417 e. The predicted molar refractivity (Wildman–Crippen MR) is 106 cm³/mol. The molecule has 0 unspecified atom stereocenters. The van der Waals surface area contributed by atoms with E-state index >= 15 is 0 Å². The zero-order valence-corrected chi connectivity index (χ0v) is 16.5. The first-order valence-electron chi connectivity index (χ1n) is 8.97. The Labute approximate surface area is 175 Å². The van der Waals surface area contributed by atoms with Crippen molar-refractivity contribution in [1.82, 2.24) is 14.8 Å². The number of nitrogens with one attached hydrogen (secondary N) is 2. The molecule has 31 heavy (non-hydrogen) atoms. The first-order chi connectivity index (χ1) is 14.7. The van der Waals surface area contributed by atoms with Gasteiger partial charge >= 0.3 is 6.18 Å². The van der Waals surface area contributed by atoms with Gasteiger partial charge in [-0.3, -0.25) is 9.59 Å². The average Bonchev–Trinajstić information content (AvgIpc) is 3.10. The van der Waals surface area contributed by atoms with Crippen molar-refractivity contribution in [1.29, 1.82) is 0 Å². The van der Waals surface area contributed by atoms with Crippen molar-refractivity contribution >= 4 is 23.2 Å². The number of hydrogen-bond donors (Lipinski definition) is 2. The van der Waals surface area contributed by atoms with Gasteiger partial charge in [-0.2, -0.15) is 18.3 Å². The molecule has 8 nitrogen and oxygen atoms in total. The molecule has 162 valence electrons. The molecule has 0 bridgehead atoms. The number of aromatic nitrogens is 3. The molecule has 0 aliphatic carbocycles. The third-order valence-corrected chi connectivity index (χ3v) is 4.25. The van der Waals surface area contributed by atoms with E-state index in [-0.39, 0.29) is 23.9 Å². The number of hydrogen-bond acceptors (Lipinski definition) is 5. The van der Waals surface area contributed by atoms with Crippen molar-refractivity contribution in [2.24, 2.45) is 0 Å². The van der Waals surface area contributed by atoms with Crippen LogP contribution in [0.1, 0.15) is 21.6 Å². The van der Waals surface area contributed by atoms with Gasteiger partial charge in [-0.1, -0.05) is 0 Å². The topological polar surface area (TPSA) is 98.1 Å². The molecule has 2 heterocycles. The molecule has 3 rings (SSSR count). The minimum Gasteiger partial charge on any atom is -0.375 e. The highest BCUT2D eigenvalue weighted by Crippen LogP contribution is 2.29. The fourth-order valence-corrected chi connectivity index (χ4v) is 2.71. The summed E-state index contributed by atoms with van der Waals surface area (Å²) in [4.78, 5) is 27.9. The van der Waals surface area contributed by atoms with Gasteiger partial charge in [0.05, 0.1) is 23.0 Å². The van der Waals surface area contributed by atoms with Crippen LogP contribution >= 0.6 is 0 Å². The highest BCUT2D eigenvalue weighted by Gasteiger charge is 2.30. The Morgan fingerprint density at radius 2 is 1.68 bits per heavy atom. The molecule has 1 aromatic carbocycles. The number of methoxy groups -OCH3 is 1. The average molecular weight is 433 g/mol. The van der Waals surface area contributed by atoms with Gasteiger partial charge in [0, 0.05) is 24.7 Å². The molecule has 0 saturated heterocycles. The van der Waals surface area contributed by atoms with Crippen LogP contribution in [0, 0.1) is 6.92 Å². The highest BCUT2D eigenvalue weighted by atomic mass is 19.4. The Balaban J connectivity index is 1.71. The van der Waals surface area contributed by atoms with E-state index in [1.807, 2.05) is 0 Å². The molecule has 2 N–H and O–H groups in total. The third kappa shape index (κ3) is 5.25. The minimum atomic E-state index is -4.49. The number of nitrogens with zero attached hydrogens (tertiary/aromatic N) is 3. The molecule has 0 atom stereocenters. The van der Waals surface area contributed by atoms with E-state index in [1.54, 1.807) is 31.2 Å². The number of amides is 2. The lowest BCUT2D eigenvalue weighted by atomic mass is 10.2. The second kappa shape index (κ2) is 8.96. The van der Waals surface area contributed by atoms with Crippen LogP contribution in [0.5, 0.6) is 0 Å². The third-order valence-electron chi connectivity index (χ3n) is 4.25. The molecule has 11 heteroatoms. The van der Waals surface area contributed by atoms with Crippen molar-refractivity contribution in [2.75, 3.05) is 24.4 Å². The molecule has 0 aliphatic rings. The first kappa shape index (κ1) is 22.0. The van der Waals surface area contributed by atoms with Gasteiger partial charge in [-0.25, -0.2) is 9.67 Å². The molecule has 2 aromatic heterocycles. The van der Waals surface area contributed by atoms with Crippen LogP contribution in [0.3, 0.4) is 0 Å². The Kier molecular flexibility index (Phi) is 6.35. The summed E-state index contributed by atoms with van der Waals surface area (Å²) in [5.74, 6) is -0.605. The fourth-order valence-electron chi connectivity index (χ4n) is 2.71. The normalized spacial score (nSPS) is 11.3. The zero-order chi connectivity index (χ0) is 22.6. The number of carbonyl (C=O) groups excluding carboxylic acids is 2. The molecular formula is C20H18F3N5O3. The van der Waals surface area contributed by atoms with E-state index in [2.05, 4.69) is 20.7 Å². The van der Waals surface area contributed by atoms with E-state index in [9.17, 15) is 22.8 Å². The van der Waals surface area contributed by atoms with Crippen LogP contribution < -0.4 is 10.6 Å². The first-order valence-corrected chi connectivity index (χ1v) is 8.97. The van der Waals surface area contributed by atoms with Crippen LogP contribution in [0.15, 0.2) is 48.8 Å². The molecule has 0 radical (unpaired) electrons. The number of benzene rings is 1. The SMILES string of the molecule is COCC(=O)Nc1ccc(NC(=O)c2cnn(-c3ccc(C(F)(F)F)cn3)c2C)cc1. The van der Waals surface area contributed by atoms with Gasteiger partial charge < -0.3 is 15.4 Å². The largest absolute Gasteiger partial charge is 0.417 e. The van der Waals surface area contributed by atoms with E-state index in [4.69, 9.17) is 4.74 Å². The van der Waals surface area contributed by atoms with Gasteiger partial charge in [0.25, 0.3) is 5.91 Å². The predicted octanol–water partition coefficient (Wildman–Crippen LogP) is 3.43. The molecule has 0 fully saturated rings. The molecular weight excluding hydrogens is 415 g/mol. The molecule has 0 saturated carbocycles. The van der Waals surface area contributed by atoms with Crippen molar-refractivity contribution in [2.45, 2.75) is 13.1 Å². The number of ether oxygens (including phenoxy) is 1. The summed E-state index contributed by atoms with van der Waals surface area (Å²) in [7, 11) is 1.41. The summed E-state index contributed by atoms with van der Waals surface area (Å²) in [6, 6.07) is 8.53. The monoisotopic (exact) mass is 433 g/mol. The van der Waals surface area contributed by atoms with Crippen LogP contribution in [-0.2, 0) is 15.7 Å². The summed E-state index contributed by atoms with van der Waals surface area (Å²) in [6.07, 6.45) is -2.47. The quantitative estimate of drug-likeness (QED) is 0.621. The Morgan fingerprint density at radius 1 is 1.03 bits per heavy atom. The Morgan fingerprint density at radius 3 is 2.23 bits per heavy atom. The molecule has 2 amide bonds. The van der Waals surface area contributed by atoms with E-state index in [1.165, 1.54) is 24.1 Å². The van der Waals surface area contributed by atoms with Crippen molar-refractivity contribution in [3.05, 3.63) is 65.6 Å². The van der Waals surface area contributed by atoms with Crippen molar-refractivity contribution in [3.63, 3.8) is 0 Å².